The van der Waals surface area contributed by atoms with E-state index in [9.17, 15) is 0 Å². The van der Waals surface area contributed by atoms with Crippen molar-refractivity contribution in [2.24, 2.45) is 12.5 Å². The molecule has 1 unspecified atom stereocenters. The molecule has 4 heteroatoms. The van der Waals surface area contributed by atoms with E-state index in [0.29, 0.717) is 16.6 Å². The molecule has 1 fully saturated rings. The van der Waals surface area contributed by atoms with Crippen molar-refractivity contribution in [3.8, 4) is 0 Å². The highest BCUT2D eigenvalue weighted by Crippen LogP contribution is 2.35. The van der Waals surface area contributed by atoms with Crippen molar-refractivity contribution in [3.05, 3.63) is 17.2 Å². The molecule has 1 heterocycles. The number of hydrogen-bond acceptors (Lipinski definition) is 2. The van der Waals surface area contributed by atoms with Crippen molar-refractivity contribution in [1.29, 1.82) is 0 Å². The van der Waals surface area contributed by atoms with Crippen LogP contribution in [0.5, 0.6) is 0 Å². The van der Waals surface area contributed by atoms with Crippen molar-refractivity contribution in [3.63, 3.8) is 0 Å². The number of imidazole rings is 1. The van der Waals surface area contributed by atoms with Gasteiger partial charge < -0.3 is 9.88 Å². The first-order chi connectivity index (χ1) is 7.98. The van der Waals surface area contributed by atoms with E-state index in [2.05, 4.69) is 24.1 Å². The largest absolute Gasteiger partial charge is 0.321 e. The average molecular weight is 256 g/mol. The number of aromatic nitrogens is 2. The van der Waals surface area contributed by atoms with Crippen LogP contribution in [-0.4, -0.2) is 15.6 Å². The van der Waals surface area contributed by atoms with E-state index >= 15 is 0 Å². The third-order valence-corrected chi connectivity index (χ3v) is 4.13. The van der Waals surface area contributed by atoms with E-state index in [-0.39, 0.29) is 0 Å². The minimum atomic E-state index is 0.481. The average Bonchev–Trinajstić information content (AvgIpc) is 2.56. The second-order valence-electron chi connectivity index (χ2n) is 5.89. The molecular weight excluding hydrogens is 234 g/mol. The molecule has 96 valence electrons. The summed E-state index contributed by atoms with van der Waals surface area (Å²) in [7, 11) is 1.96. The topological polar surface area (TPSA) is 29.9 Å². The molecule has 0 spiro atoms. The van der Waals surface area contributed by atoms with Crippen LogP contribution in [0.4, 0.5) is 0 Å². The summed E-state index contributed by atoms with van der Waals surface area (Å²) in [6.07, 6.45) is 6.92. The normalized spacial score (nSPS) is 23.9. The lowest BCUT2D eigenvalue weighted by molar-refractivity contribution is 0.197. The second-order valence-corrected chi connectivity index (χ2v) is 6.28. The highest BCUT2D eigenvalue weighted by molar-refractivity contribution is 6.29. The standard InChI is InChI=1S/C13H22ClN3/c1-13(2)6-4-5-10(7-13)15-9-12-16-8-11(14)17(12)3/h8,10,15H,4-7,9H2,1-3H3. The minimum absolute atomic E-state index is 0.481. The molecule has 1 atom stereocenters. The molecule has 1 saturated carbocycles. The number of nitrogens with zero attached hydrogens (tertiary/aromatic N) is 2. The zero-order valence-electron chi connectivity index (χ0n) is 11.0. The Bertz CT molecular complexity index is 384. The van der Waals surface area contributed by atoms with Crippen molar-refractivity contribution in [2.45, 2.75) is 52.1 Å². The summed E-state index contributed by atoms with van der Waals surface area (Å²) in [5, 5.41) is 4.31. The third-order valence-electron chi connectivity index (χ3n) is 3.78. The predicted octanol–water partition coefficient (Wildman–Crippen LogP) is 3.13. The van der Waals surface area contributed by atoms with E-state index in [1.165, 1.54) is 25.7 Å². The maximum atomic E-state index is 5.97. The zero-order chi connectivity index (χ0) is 12.5. The maximum absolute atomic E-state index is 5.97. The molecule has 1 aromatic rings. The van der Waals surface area contributed by atoms with Gasteiger partial charge in [-0.1, -0.05) is 31.9 Å². The highest BCUT2D eigenvalue weighted by atomic mass is 35.5. The predicted molar refractivity (Wildman–Crippen MR) is 71.1 cm³/mol. The van der Waals surface area contributed by atoms with Crippen LogP contribution in [0.1, 0.15) is 45.4 Å². The molecule has 0 bridgehead atoms. The maximum Gasteiger partial charge on any atom is 0.128 e. The molecule has 0 aliphatic heterocycles. The minimum Gasteiger partial charge on any atom is -0.321 e. The lowest BCUT2D eigenvalue weighted by Gasteiger charge is -2.35. The van der Waals surface area contributed by atoms with Crippen LogP contribution in [0.3, 0.4) is 0 Å². The highest BCUT2D eigenvalue weighted by Gasteiger charge is 2.27. The molecule has 1 aliphatic rings. The van der Waals surface area contributed by atoms with Crippen molar-refractivity contribution >= 4 is 11.6 Å². The lowest BCUT2D eigenvalue weighted by atomic mass is 9.75. The molecule has 1 N–H and O–H groups in total. The third kappa shape index (κ3) is 3.23. The molecular formula is C13H22ClN3. The first kappa shape index (κ1) is 12.9. The SMILES string of the molecule is Cn1c(Cl)cnc1CNC1CCCC(C)(C)C1. The van der Waals surface area contributed by atoms with Crippen molar-refractivity contribution < 1.29 is 0 Å². The molecule has 0 saturated heterocycles. The summed E-state index contributed by atoms with van der Waals surface area (Å²) >= 11 is 5.97. The molecule has 1 aromatic heterocycles. The molecule has 2 rings (SSSR count). The number of nitrogens with one attached hydrogen (secondary N) is 1. The van der Waals surface area contributed by atoms with Crippen LogP contribution < -0.4 is 5.32 Å². The van der Waals surface area contributed by atoms with E-state index in [0.717, 1.165) is 12.4 Å². The number of rotatable bonds is 3. The summed E-state index contributed by atoms with van der Waals surface area (Å²) in [5.41, 5.74) is 0.481. The number of hydrogen-bond donors (Lipinski definition) is 1. The van der Waals surface area contributed by atoms with Crippen molar-refractivity contribution in [1.82, 2.24) is 14.9 Å². The van der Waals surface area contributed by atoms with Gasteiger partial charge in [0.15, 0.2) is 0 Å². The first-order valence-electron chi connectivity index (χ1n) is 6.37. The van der Waals surface area contributed by atoms with E-state index < -0.39 is 0 Å². The summed E-state index contributed by atoms with van der Waals surface area (Å²) < 4.78 is 1.93. The van der Waals surface area contributed by atoms with Crippen LogP contribution >= 0.6 is 11.6 Å². The van der Waals surface area contributed by atoms with Crippen LogP contribution in [0.2, 0.25) is 5.15 Å². The Hall–Kier alpha value is -0.540. The van der Waals surface area contributed by atoms with Crippen LogP contribution in [0.15, 0.2) is 6.20 Å². The second kappa shape index (κ2) is 4.99. The molecule has 1 aliphatic carbocycles. The first-order valence-corrected chi connectivity index (χ1v) is 6.75. The molecule has 0 radical (unpaired) electrons. The van der Waals surface area contributed by atoms with Gasteiger partial charge in [0.1, 0.15) is 11.0 Å². The van der Waals surface area contributed by atoms with E-state index in [1.807, 2.05) is 11.6 Å². The fourth-order valence-corrected chi connectivity index (χ4v) is 2.84. The van der Waals surface area contributed by atoms with Gasteiger partial charge in [-0.25, -0.2) is 4.98 Å². The quantitative estimate of drug-likeness (QED) is 0.899. The summed E-state index contributed by atoms with van der Waals surface area (Å²) in [6.45, 7) is 5.53. The Kier molecular flexibility index (Phi) is 3.79. The molecule has 0 amide bonds. The van der Waals surface area contributed by atoms with Gasteiger partial charge >= 0.3 is 0 Å². The Labute approximate surface area is 109 Å². The van der Waals surface area contributed by atoms with Gasteiger partial charge in [0.25, 0.3) is 0 Å². The Morgan fingerprint density at radius 1 is 1.59 bits per heavy atom. The van der Waals surface area contributed by atoms with E-state index in [4.69, 9.17) is 11.6 Å². The van der Waals surface area contributed by atoms with Crippen molar-refractivity contribution in [2.75, 3.05) is 0 Å². The van der Waals surface area contributed by atoms with E-state index in [1.54, 1.807) is 6.20 Å². The van der Waals surface area contributed by atoms with Gasteiger partial charge in [-0.15, -0.1) is 0 Å². The summed E-state index contributed by atoms with van der Waals surface area (Å²) in [4.78, 5) is 4.30. The van der Waals surface area contributed by atoms with Gasteiger partial charge in [0.05, 0.1) is 12.7 Å². The fraction of sp³-hybridized carbons (Fsp3) is 0.769. The van der Waals surface area contributed by atoms with Gasteiger partial charge in [0, 0.05) is 13.1 Å². The zero-order valence-corrected chi connectivity index (χ0v) is 11.7. The fourth-order valence-electron chi connectivity index (χ4n) is 2.70. The Balaban J connectivity index is 1.88. The monoisotopic (exact) mass is 255 g/mol. The summed E-state index contributed by atoms with van der Waals surface area (Å²) in [5.74, 6) is 1.01. The smallest absolute Gasteiger partial charge is 0.128 e. The van der Waals surface area contributed by atoms with Gasteiger partial charge in [0.2, 0.25) is 0 Å². The van der Waals surface area contributed by atoms with Gasteiger partial charge in [-0.2, -0.15) is 0 Å². The Morgan fingerprint density at radius 2 is 2.35 bits per heavy atom. The molecule has 17 heavy (non-hydrogen) atoms. The molecule has 3 nitrogen and oxygen atoms in total. The van der Waals surface area contributed by atoms with Gasteiger partial charge in [-0.3, -0.25) is 0 Å². The number of halogens is 1. The van der Waals surface area contributed by atoms with Crippen LogP contribution in [0.25, 0.3) is 0 Å². The lowest BCUT2D eigenvalue weighted by Crippen LogP contribution is -2.37. The van der Waals surface area contributed by atoms with Crippen LogP contribution in [-0.2, 0) is 13.6 Å². The molecule has 0 aromatic carbocycles. The van der Waals surface area contributed by atoms with Crippen LogP contribution in [0, 0.1) is 5.41 Å². The Morgan fingerprint density at radius 3 is 2.94 bits per heavy atom. The van der Waals surface area contributed by atoms with Gasteiger partial charge in [-0.05, 0) is 24.7 Å². The summed E-state index contributed by atoms with van der Waals surface area (Å²) in [6, 6.07) is 0.620.